The van der Waals surface area contributed by atoms with Crippen molar-refractivity contribution in [3.05, 3.63) is 64.5 Å². The van der Waals surface area contributed by atoms with Crippen LogP contribution in [0.2, 0.25) is 0 Å². The Hall–Kier alpha value is -2.16. The van der Waals surface area contributed by atoms with Crippen LogP contribution in [0.15, 0.2) is 47.8 Å². The summed E-state index contributed by atoms with van der Waals surface area (Å²) in [6, 6.07) is 10.8. The summed E-state index contributed by atoms with van der Waals surface area (Å²) in [5.74, 6) is -0.211. The van der Waals surface area contributed by atoms with E-state index in [4.69, 9.17) is 0 Å². The zero-order chi connectivity index (χ0) is 19.0. The molecule has 0 N–H and O–H groups in total. The first-order valence-corrected chi connectivity index (χ1v) is 11.2. The molecule has 8 heteroatoms. The Bertz CT molecular complexity index is 1100. The number of thiophene rings is 1. The second-order valence-electron chi connectivity index (χ2n) is 6.60. The minimum atomic E-state index is -3.39. The van der Waals surface area contributed by atoms with Gasteiger partial charge in [0.25, 0.3) is 0 Å². The van der Waals surface area contributed by atoms with Crippen LogP contribution in [0.4, 0.5) is 4.39 Å². The number of sulfone groups is 1. The van der Waals surface area contributed by atoms with Crippen LogP contribution in [-0.2, 0) is 29.3 Å². The summed E-state index contributed by atoms with van der Waals surface area (Å²) in [5, 5.41) is -0.109. The molecule has 0 bridgehead atoms. The smallest absolute Gasteiger partial charge is 0.246 e. The molecule has 1 aromatic carbocycles. The van der Waals surface area contributed by atoms with Gasteiger partial charge in [-0.3, -0.25) is 4.90 Å². The molecule has 0 atom stereocenters. The Kier molecular flexibility index (Phi) is 4.79. The standard InChI is InChI=1S/C19H18FN3O2S2/c1-27(24,25)19-21-10-13-11-23(9-8-17(13)22-19)12-14-6-7-18(26-14)15-4-2-3-5-16(15)20/h2-7,10H,8-9,11-12H2,1H3. The second kappa shape index (κ2) is 7.10. The molecule has 0 radical (unpaired) electrons. The van der Waals surface area contributed by atoms with Crippen molar-refractivity contribution in [3.8, 4) is 10.4 Å². The van der Waals surface area contributed by atoms with Crippen LogP contribution >= 0.6 is 11.3 Å². The molecule has 3 aromatic rings. The van der Waals surface area contributed by atoms with Gasteiger partial charge in [-0.25, -0.2) is 22.8 Å². The van der Waals surface area contributed by atoms with Crippen molar-refractivity contribution in [3.63, 3.8) is 0 Å². The molecule has 0 aliphatic carbocycles. The van der Waals surface area contributed by atoms with Gasteiger partial charge in [0.05, 0.1) is 5.69 Å². The maximum atomic E-state index is 14.0. The molecule has 140 valence electrons. The highest BCUT2D eigenvalue weighted by Crippen LogP contribution is 2.31. The highest BCUT2D eigenvalue weighted by Gasteiger charge is 2.21. The lowest BCUT2D eigenvalue weighted by atomic mass is 10.1. The molecule has 5 nitrogen and oxygen atoms in total. The van der Waals surface area contributed by atoms with Gasteiger partial charge in [0.15, 0.2) is 0 Å². The van der Waals surface area contributed by atoms with E-state index >= 15 is 0 Å². The molecule has 4 rings (SSSR count). The van der Waals surface area contributed by atoms with E-state index in [2.05, 4.69) is 14.9 Å². The van der Waals surface area contributed by atoms with Crippen molar-refractivity contribution < 1.29 is 12.8 Å². The number of nitrogens with zero attached hydrogens (tertiary/aromatic N) is 3. The van der Waals surface area contributed by atoms with Crippen molar-refractivity contribution in [1.82, 2.24) is 14.9 Å². The number of rotatable bonds is 4. The molecule has 0 fully saturated rings. The fourth-order valence-electron chi connectivity index (χ4n) is 3.16. The molecule has 0 amide bonds. The van der Waals surface area contributed by atoms with Crippen molar-refractivity contribution in [2.24, 2.45) is 0 Å². The van der Waals surface area contributed by atoms with Gasteiger partial charge >= 0.3 is 0 Å². The monoisotopic (exact) mass is 403 g/mol. The Morgan fingerprint density at radius 1 is 1.22 bits per heavy atom. The molecular formula is C19H18FN3O2S2. The normalized spacial score (nSPS) is 14.9. The molecule has 0 saturated heterocycles. The van der Waals surface area contributed by atoms with Gasteiger partial charge in [-0.15, -0.1) is 11.3 Å². The van der Waals surface area contributed by atoms with Crippen LogP contribution in [0.1, 0.15) is 16.1 Å². The Labute approximate surface area is 161 Å². The molecule has 1 aliphatic heterocycles. The lowest BCUT2D eigenvalue weighted by Gasteiger charge is -2.27. The van der Waals surface area contributed by atoms with E-state index in [0.29, 0.717) is 18.5 Å². The van der Waals surface area contributed by atoms with E-state index in [-0.39, 0.29) is 11.0 Å². The third kappa shape index (κ3) is 3.92. The minimum absolute atomic E-state index is 0.109. The van der Waals surface area contributed by atoms with Crippen molar-refractivity contribution in [2.75, 3.05) is 12.8 Å². The van der Waals surface area contributed by atoms with E-state index in [1.807, 2.05) is 18.2 Å². The average Bonchev–Trinajstić information content (AvgIpc) is 3.09. The molecule has 0 saturated carbocycles. The highest BCUT2D eigenvalue weighted by atomic mass is 32.2. The van der Waals surface area contributed by atoms with Crippen molar-refractivity contribution >= 4 is 21.2 Å². The summed E-state index contributed by atoms with van der Waals surface area (Å²) in [6.07, 6.45) is 3.42. The first-order chi connectivity index (χ1) is 12.9. The molecular weight excluding hydrogens is 385 g/mol. The van der Waals surface area contributed by atoms with Gasteiger partial charge in [-0.2, -0.15) is 0 Å². The topological polar surface area (TPSA) is 63.2 Å². The molecule has 2 aromatic heterocycles. The maximum absolute atomic E-state index is 14.0. The number of hydrogen-bond acceptors (Lipinski definition) is 6. The summed E-state index contributed by atoms with van der Waals surface area (Å²) in [6.45, 7) is 2.22. The van der Waals surface area contributed by atoms with E-state index < -0.39 is 9.84 Å². The Balaban J connectivity index is 1.49. The van der Waals surface area contributed by atoms with Gasteiger partial charge in [-0.05, 0) is 18.2 Å². The molecule has 27 heavy (non-hydrogen) atoms. The van der Waals surface area contributed by atoms with Gasteiger partial charge in [0.2, 0.25) is 15.0 Å². The van der Waals surface area contributed by atoms with Crippen LogP contribution in [0.5, 0.6) is 0 Å². The van der Waals surface area contributed by atoms with Crippen LogP contribution < -0.4 is 0 Å². The predicted molar refractivity (Wildman–Crippen MR) is 103 cm³/mol. The van der Waals surface area contributed by atoms with E-state index in [1.54, 1.807) is 29.7 Å². The summed E-state index contributed by atoms with van der Waals surface area (Å²) in [4.78, 5) is 12.6. The Morgan fingerprint density at radius 3 is 2.81 bits per heavy atom. The summed E-state index contributed by atoms with van der Waals surface area (Å²) in [5.41, 5.74) is 2.39. The summed E-state index contributed by atoms with van der Waals surface area (Å²) < 4.78 is 37.2. The average molecular weight is 404 g/mol. The molecule has 0 spiro atoms. The third-order valence-corrected chi connectivity index (χ3v) is 6.47. The van der Waals surface area contributed by atoms with Gasteiger partial charge < -0.3 is 0 Å². The van der Waals surface area contributed by atoms with Gasteiger partial charge in [0, 0.05) is 59.4 Å². The zero-order valence-electron chi connectivity index (χ0n) is 14.7. The fraction of sp³-hybridized carbons (Fsp3) is 0.263. The number of halogens is 1. The van der Waals surface area contributed by atoms with Gasteiger partial charge in [-0.1, -0.05) is 18.2 Å². The largest absolute Gasteiger partial charge is 0.293 e. The van der Waals surface area contributed by atoms with Crippen molar-refractivity contribution in [2.45, 2.75) is 24.7 Å². The zero-order valence-corrected chi connectivity index (χ0v) is 16.4. The van der Waals surface area contributed by atoms with Crippen LogP contribution in [0, 0.1) is 5.82 Å². The third-order valence-electron chi connectivity index (χ3n) is 4.50. The van der Waals surface area contributed by atoms with E-state index in [1.165, 1.54) is 6.07 Å². The summed E-state index contributed by atoms with van der Waals surface area (Å²) >= 11 is 1.59. The molecule has 1 aliphatic rings. The predicted octanol–water partition coefficient (Wildman–Crippen LogP) is 3.31. The van der Waals surface area contributed by atoms with Gasteiger partial charge in [0.1, 0.15) is 5.82 Å². The number of hydrogen-bond donors (Lipinski definition) is 0. The highest BCUT2D eigenvalue weighted by molar-refractivity contribution is 7.90. The number of fused-ring (bicyclic) bond motifs is 1. The molecule has 0 unspecified atom stereocenters. The number of benzene rings is 1. The van der Waals surface area contributed by atoms with Crippen LogP contribution in [-0.4, -0.2) is 36.1 Å². The SMILES string of the molecule is CS(=O)(=O)c1ncc2c(n1)CCN(Cc1ccc(-c3ccccc3F)s1)C2. The van der Waals surface area contributed by atoms with Crippen LogP contribution in [0.25, 0.3) is 10.4 Å². The van der Waals surface area contributed by atoms with Crippen molar-refractivity contribution in [1.29, 1.82) is 0 Å². The Morgan fingerprint density at radius 2 is 2.04 bits per heavy atom. The minimum Gasteiger partial charge on any atom is -0.293 e. The lowest BCUT2D eigenvalue weighted by Crippen LogP contribution is -2.31. The molecule has 3 heterocycles. The fourth-order valence-corrected chi connectivity index (χ4v) is 4.76. The van der Waals surface area contributed by atoms with Crippen LogP contribution in [0.3, 0.4) is 0 Å². The first kappa shape index (κ1) is 18.2. The maximum Gasteiger partial charge on any atom is 0.246 e. The quantitative estimate of drug-likeness (QED) is 0.626. The summed E-state index contributed by atoms with van der Waals surface area (Å²) in [7, 11) is -3.39. The van der Waals surface area contributed by atoms with E-state index in [0.717, 1.165) is 40.4 Å². The number of aromatic nitrogens is 2. The lowest BCUT2D eigenvalue weighted by molar-refractivity contribution is 0.244. The first-order valence-electron chi connectivity index (χ1n) is 8.51. The van der Waals surface area contributed by atoms with E-state index in [9.17, 15) is 12.8 Å². The second-order valence-corrected chi connectivity index (χ2v) is 9.68.